The predicted octanol–water partition coefficient (Wildman–Crippen LogP) is 4.03. The molecule has 0 saturated carbocycles. The van der Waals surface area contributed by atoms with Gasteiger partial charge in [0.15, 0.2) is 0 Å². The molecular formula is C18H22N4. The molecule has 1 atom stereocenters. The van der Waals surface area contributed by atoms with Gasteiger partial charge in [0.05, 0.1) is 17.3 Å². The molecule has 4 heteroatoms. The van der Waals surface area contributed by atoms with Crippen molar-refractivity contribution in [2.75, 3.05) is 0 Å². The van der Waals surface area contributed by atoms with Gasteiger partial charge >= 0.3 is 0 Å². The zero-order chi connectivity index (χ0) is 15.7. The minimum atomic E-state index is -0.0565. The van der Waals surface area contributed by atoms with Gasteiger partial charge in [0.1, 0.15) is 0 Å². The van der Waals surface area contributed by atoms with Crippen LogP contribution >= 0.6 is 0 Å². The van der Waals surface area contributed by atoms with E-state index in [0.29, 0.717) is 12.3 Å². The molecule has 0 radical (unpaired) electrons. The molecule has 2 aromatic heterocycles. The Kier molecular flexibility index (Phi) is 3.74. The highest BCUT2D eigenvalue weighted by Crippen LogP contribution is 2.41. The van der Waals surface area contributed by atoms with Crippen LogP contribution in [0.3, 0.4) is 0 Å². The summed E-state index contributed by atoms with van der Waals surface area (Å²) in [6.45, 7) is 6.55. The quantitative estimate of drug-likeness (QED) is 0.840. The van der Waals surface area contributed by atoms with Gasteiger partial charge in [0.25, 0.3) is 0 Å². The van der Waals surface area contributed by atoms with Gasteiger partial charge in [0, 0.05) is 41.6 Å². The summed E-state index contributed by atoms with van der Waals surface area (Å²) < 4.78 is 2.16. The van der Waals surface area contributed by atoms with Crippen molar-refractivity contribution < 1.29 is 0 Å². The van der Waals surface area contributed by atoms with E-state index in [-0.39, 0.29) is 5.54 Å². The van der Waals surface area contributed by atoms with Gasteiger partial charge < -0.3 is 0 Å². The third-order valence-electron chi connectivity index (χ3n) is 4.30. The molecule has 1 unspecified atom stereocenters. The van der Waals surface area contributed by atoms with E-state index in [9.17, 15) is 5.26 Å². The summed E-state index contributed by atoms with van der Waals surface area (Å²) in [5, 5.41) is 14.1. The van der Waals surface area contributed by atoms with Crippen molar-refractivity contribution in [2.24, 2.45) is 0 Å². The van der Waals surface area contributed by atoms with Crippen LogP contribution in [0, 0.1) is 11.3 Å². The molecule has 0 aromatic carbocycles. The number of pyridine rings is 1. The number of nitrogens with zero attached hydrogens (tertiary/aromatic N) is 4. The molecule has 1 aliphatic rings. The lowest BCUT2D eigenvalue weighted by Crippen LogP contribution is -2.26. The Hall–Kier alpha value is -2.15. The Balaban J connectivity index is 2.22. The van der Waals surface area contributed by atoms with E-state index in [1.54, 1.807) is 6.20 Å². The molecule has 0 saturated heterocycles. The van der Waals surface area contributed by atoms with E-state index in [2.05, 4.69) is 42.6 Å². The van der Waals surface area contributed by atoms with Crippen LogP contribution in [0.2, 0.25) is 0 Å². The Morgan fingerprint density at radius 2 is 2.23 bits per heavy atom. The molecule has 0 aliphatic heterocycles. The summed E-state index contributed by atoms with van der Waals surface area (Å²) >= 11 is 0. The van der Waals surface area contributed by atoms with Gasteiger partial charge in [-0.25, -0.2) is 0 Å². The normalized spacial score (nSPS) is 17.8. The van der Waals surface area contributed by atoms with Crippen LogP contribution in [-0.4, -0.2) is 14.8 Å². The summed E-state index contributed by atoms with van der Waals surface area (Å²) in [6.07, 6.45) is 7.46. The minimum absolute atomic E-state index is 0.0565. The van der Waals surface area contributed by atoms with Crippen LogP contribution in [0.25, 0.3) is 11.3 Å². The summed E-state index contributed by atoms with van der Waals surface area (Å²) in [7, 11) is 0. The Bertz CT molecular complexity index is 701. The lowest BCUT2D eigenvalue weighted by atomic mass is 9.82. The van der Waals surface area contributed by atoms with Gasteiger partial charge in [0.2, 0.25) is 0 Å². The van der Waals surface area contributed by atoms with Gasteiger partial charge in [-0.05, 0) is 52.2 Å². The molecule has 2 heterocycles. The fourth-order valence-electron chi connectivity index (χ4n) is 3.38. The highest BCUT2D eigenvalue weighted by atomic mass is 15.3. The highest BCUT2D eigenvalue weighted by Gasteiger charge is 2.32. The molecule has 0 amide bonds. The summed E-state index contributed by atoms with van der Waals surface area (Å²) in [5.74, 6) is 0.292. The highest BCUT2D eigenvalue weighted by molar-refractivity contribution is 5.64. The number of aromatic nitrogens is 3. The van der Waals surface area contributed by atoms with Crippen molar-refractivity contribution >= 4 is 0 Å². The molecule has 2 aromatic rings. The Morgan fingerprint density at radius 1 is 1.41 bits per heavy atom. The van der Waals surface area contributed by atoms with Crippen LogP contribution in [0.5, 0.6) is 0 Å². The zero-order valence-corrected chi connectivity index (χ0v) is 13.5. The maximum atomic E-state index is 9.18. The molecule has 114 valence electrons. The number of hydrogen-bond acceptors (Lipinski definition) is 3. The monoisotopic (exact) mass is 294 g/mol. The Morgan fingerprint density at radius 3 is 2.86 bits per heavy atom. The number of nitriles is 1. The van der Waals surface area contributed by atoms with E-state index in [1.807, 2.05) is 12.3 Å². The molecule has 22 heavy (non-hydrogen) atoms. The SMILES string of the molecule is CC(C)(C)n1nc(-c2cccnc2)c2c1CCCC2CC#N. The van der Waals surface area contributed by atoms with Crippen molar-refractivity contribution in [3.05, 3.63) is 35.8 Å². The van der Waals surface area contributed by atoms with Gasteiger partial charge in [-0.1, -0.05) is 0 Å². The van der Waals surface area contributed by atoms with E-state index >= 15 is 0 Å². The van der Waals surface area contributed by atoms with Crippen molar-refractivity contribution in [3.8, 4) is 17.3 Å². The van der Waals surface area contributed by atoms with E-state index in [1.165, 1.54) is 11.3 Å². The average Bonchev–Trinajstić information content (AvgIpc) is 2.89. The molecule has 0 N–H and O–H groups in total. The Labute approximate surface area is 131 Å². The molecule has 0 fully saturated rings. The fraction of sp³-hybridized carbons (Fsp3) is 0.500. The van der Waals surface area contributed by atoms with Crippen molar-refractivity contribution in [3.63, 3.8) is 0 Å². The third kappa shape index (κ3) is 2.52. The maximum absolute atomic E-state index is 9.18. The average molecular weight is 294 g/mol. The largest absolute Gasteiger partial charge is 0.264 e. The third-order valence-corrected chi connectivity index (χ3v) is 4.30. The van der Waals surface area contributed by atoms with Crippen LogP contribution in [-0.2, 0) is 12.0 Å². The van der Waals surface area contributed by atoms with Crippen molar-refractivity contribution in [2.45, 2.75) is 57.9 Å². The second kappa shape index (κ2) is 5.57. The van der Waals surface area contributed by atoms with Gasteiger partial charge in [-0.15, -0.1) is 0 Å². The minimum Gasteiger partial charge on any atom is -0.264 e. The fourth-order valence-corrected chi connectivity index (χ4v) is 3.38. The van der Waals surface area contributed by atoms with Crippen molar-refractivity contribution in [1.82, 2.24) is 14.8 Å². The molecule has 0 spiro atoms. The molecule has 3 rings (SSSR count). The van der Waals surface area contributed by atoms with Crippen LogP contribution in [0.1, 0.15) is 57.2 Å². The molecule has 0 bridgehead atoms. The zero-order valence-electron chi connectivity index (χ0n) is 13.5. The van der Waals surface area contributed by atoms with Gasteiger partial charge in [-0.3, -0.25) is 9.67 Å². The van der Waals surface area contributed by atoms with Crippen LogP contribution < -0.4 is 0 Å². The molecule has 4 nitrogen and oxygen atoms in total. The van der Waals surface area contributed by atoms with E-state index < -0.39 is 0 Å². The molecular weight excluding hydrogens is 272 g/mol. The summed E-state index contributed by atoms with van der Waals surface area (Å²) in [6, 6.07) is 6.35. The predicted molar refractivity (Wildman–Crippen MR) is 86.4 cm³/mol. The van der Waals surface area contributed by atoms with Crippen LogP contribution in [0.15, 0.2) is 24.5 Å². The first-order chi connectivity index (χ1) is 10.5. The smallest absolute Gasteiger partial charge is 0.0976 e. The van der Waals surface area contributed by atoms with Crippen LogP contribution in [0.4, 0.5) is 0 Å². The van der Waals surface area contributed by atoms with Crippen molar-refractivity contribution in [1.29, 1.82) is 5.26 Å². The lowest BCUT2D eigenvalue weighted by Gasteiger charge is -2.27. The lowest BCUT2D eigenvalue weighted by molar-refractivity contribution is 0.338. The standard InChI is InChI=1S/C18H22N4/c1-18(2,3)22-15-8-4-6-13(9-10-19)16(15)17(21-22)14-7-5-11-20-12-14/h5,7,11-13H,4,6,8-9H2,1-3H3. The maximum Gasteiger partial charge on any atom is 0.0976 e. The van der Waals surface area contributed by atoms with Gasteiger partial charge in [-0.2, -0.15) is 10.4 Å². The first-order valence-corrected chi connectivity index (χ1v) is 7.92. The number of fused-ring (bicyclic) bond motifs is 1. The second-order valence-electron chi connectivity index (χ2n) is 6.98. The summed E-state index contributed by atoms with van der Waals surface area (Å²) in [5.41, 5.74) is 4.58. The second-order valence-corrected chi connectivity index (χ2v) is 6.98. The van der Waals surface area contributed by atoms with E-state index in [4.69, 9.17) is 5.10 Å². The first-order valence-electron chi connectivity index (χ1n) is 7.92. The number of hydrogen-bond donors (Lipinski definition) is 0. The van der Waals surface area contributed by atoms with E-state index in [0.717, 1.165) is 30.5 Å². The number of rotatable bonds is 2. The first kappa shape index (κ1) is 14.8. The summed E-state index contributed by atoms with van der Waals surface area (Å²) in [4.78, 5) is 4.24. The molecule has 1 aliphatic carbocycles. The topological polar surface area (TPSA) is 54.5 Å².